The van der Waals surface area contributed by atoms with E-state index in [1.807, 2.05) is 56.3 Å². The predicted octanol–water partition coefficient (Wildman–Crippen LogP) is 3.21. The summed E-state index contributed by atoms with van der Waals surface area (Å²) in [4.78, 5) is 19.8. The van der Waals surface area contributed by atoms with E-state index in [0.29, 0.717) is 30.0 Å². The first kappa shape index (κ1) is 18.8. The Morgan fingerprint density at radius 3 is 2.37 bits per heavy atom. The fourth-order valence-corrected chi connectivity index (χ4v) is 2.45. The Morgan fingerprint density at radius 2 is 1.70 bits per heavy atom. The molecule has 3 aromatic rings. The van der Waals surface area contributed by atoms with Gasteiger partial charge in [-0.1, -0.05) is 49.3 Å². The van der Waals surface area contributed by atoms with Crippen molar-refractivity contribution in [1.82, 2.24) is 25.1 Å². The van der Waals surface area contributed by atoms with Crippen LogP contribution in [0.2, 0.25) is 0 Å². The Balaban J connectivity index is 1.74. The monoisotopic (exact) mass is 367 g/mol. The van der Waals surface area contributed by atoms with Gasteiger partial charge in [0, 0.05) is 20.0 Å². The fraction of sp³-hybridized carbons (Fsp3) is 0.421. The zero-order chi connectivity index (χ0) is 19.4. The third-order valence-electron chi connectivity index (χ3n) is 3.97. The molecule has 1 atom stereocenters. The summed E-state index contributed by atoms with van der Waals surface area (Å²) >= 11 is 0. The molecule has 0 aliphatic rings. The number of anilines is 2. The highest BCUT2D eigenvalue weighted by molar-refractivity contribution is 5.37. The van der Waals surface area contributed by atoms with Crippen LogP contribution in [-0.4, -0.2) is 39.2 Å². The first-order chi connectivity index (χ1) is 12.9. The smallest absolute Gasteiger partial charge is 0.231 e. The van der Waals surface area contributed by atoms with Crippen LogP contribution in [-0.2, 0) is 6.42 Å². The molecule has 0 amide bonds. The van der Waals surface area contributed by atoms with Crippen molar-refractivity contribution in [3.63, 3.8) is 0 Å². The van der Waals surface area contributed by atoms with E-state index in [4.69, 9.17) is 4.52 Å². The molecule has 3 rings (SSSR count). The molecule has 8 heteroatoms. The normalized spacial score (nSPS) is 12.2. The van der Waals surface area contributed by atoms with E-state index in [9.17, 15) is 0 Å². The zero-order valence-corrected chi connectivity index (χ0v) is 16.3. The highest BCUT2D eigenvalue weighted by Gasteiger charge is 2.17. The topological polar surface area (TPSA) is 92.9 Å². The molecule has 0 bridgehead atoms. The van der Waals surface area contributed by atoms with Gasteiger partial charge in [0.25, 0.3) is 0 Å². The highest BCUT2D eigenvalue weighted by Crippen LogP contribution is 2.19. The van der Waals surface area contributed by atoms with Crippen LogP contribution in [0.1, 0.15) is 55.8 Å². The van der Waals surface area contributed by atoms with Gasteiger partial charge < -0.3 is 14.7 Å². The number of nitrogens with one attached hydrogen (secondary N) is 1. The minimum atomic E-state index is -0.198. The predicted molar refractivity (Wildman–Crippen MR) is 104 cm³/mol. The van der Waals surface area contributed by atoms with E-state index in [2.05, 4.69) is 44.3 Å². The molecular weight excluding hydrogens is 342 g/mol. The Bertz CT molecular complexity index is 851. The summed E-state index contributed by atoms with van der Waals surface area (Å²) < 4.78 is 5.39. The van der Waals surface area contributed by atoms with Crippen molar-refractivity contribution >= 4 is 11.9 Å². The number of hydrogen-bond donors (Lipinski definition) is 1. The minimum Gasteiger partial charge on any atom is -0.347 e. The molecule has 0 saturated carbocycles. The maximum atomic E-state index is 5.39. The maximum Gasteiger partial charge on any atom is 0.231 e. The van der Waals surface area contributed by atoms with Gasteiger partial charge in [-0.3, -0.25) is 0 Å². The number of benzene rings is 1. The fourth-order valence-electron chi connectivity index (χ4n) is 2.45. The van der Waals surface area contributed by atoms with E-state index >= 15 is 0 Å². The number of nitrogens with zero attached hydrogens (tertiary/aromatic N) is 6. The van der Waals surface area contributed by atoms with Crippen molar-refractivity contribution < 1.29 is 4.52 Å². The second-order valence-corrected chi connectivity index (χ2v) is 6.94. The molecule has 1 N–H and O–H groups in total. The SMILES string of the molecule is CC(C)c1nc(NC(C)c2noc(Cc3ccccc3)n2)nc(N(C)C)n1. The van der Waals surface area contributed by atoms with Crippen molar-refractivity contribution in [1.29, 1.82) is 0 Å². The molecule has 142 valence electrons. The van der Waals surface area contributed by atoms with Gasteiger partial charge in [0.1, 0.15) is 5.82 Å². The molecule has 1 aromatic carbocycles. The lowest BCUT2D eigenvalue weighted by molar-refractivity contribution is 0.377. The summed E-state index contributed by atoms with van der Waals surface area (Å²) in [6.07, 6.45) is 0.606. The van der Waals surface area contributed by atoms with Gasteiger partial charge >= 0.3 is 0 Å². The van der Waals surface area contributed by atoms with E-state index in [1.54, 1.807) is 0 Å². The Kier molecular flexibility index (Phi) is 5.63. The molecule has 8 nitrogen and oxygen atoms in total. The molecule has 2 heterocycles. The number of aromatic nitrogens is 5. The van der Waals surface area contributed by atoms with Crippen LogP contribution in [0.25, 0.3) is 0 Å². The van der Waals surface area contributed by atoms with Crippen LogP contribution in [0.3, 0.4) is 0 Å². The lowest BCUT2D eigenvalue weighted by Gasteiger charge is -2.16. The minimum absolute atomic E-state index is 0.198. The molecular formula is C19H25N7O. The van der Waals surface area contributed by atoms with Crippen molar-refractivity contribution in [3.8, 4) is 0 Å². The van der Waals surface area contributed by atoms with Crippen LogP contribution in [0.4, 0.5) is 11.9 Å². The molecule has 0 spiro atoms. The molecule has 2 aromatic heterocycles. The van der Waals surface area contributed by atoms with Crippen molar-refractivity contribution in [2.24, 2.45) is 0 Å². The molecule has 1 unspecified atom stereocenters. The standard InChI is InChI=1S/C19H25N7O/c1-12(2)16-22-18(24-19(23-16)26(4)5)20-13(3)17-21-15(27-25-17)11-14-9-7-6-8-10-14/h6-10,12-13H,11H2,1-5H3,(H,20,22,23,24). The van der Waals surface area contributed by atoms with Gasteiger partial charge in [0.05, 0.1) is 12.5 Å². The highest BCUT2D eigenvalue weighted by atomic mass is 16.5. The van der Waals surface area contributed by atoms with Crippen LogP contribution in [0, 0.1) is 0 Å². The van der Waals surface area contributed by atoms with Gasteiger partial charge in [0.15, 0.2) is 5.82 Å². The summed E-state index contributed by atoms with van der Waals surface area (Å²) in [7, 11) is 3.81. The van der Waals surface area contributed by atoms with E-state index in [-0.39, 0.29) is 12.0 Å². The van der Waals surface area contributed by atoms with Crippen molar-refractivity contribution in [2.45, 2.75) is 39.2 Å². The van der Waals surface area contributed by atoms with Crippen molar-refractivity contribution in [2.75, 3.05) is 24.3 Å². The van der Waals surface area contributed by atoms with Crippen LogP contribution < -0.4 is 10.2 Å². The summed E-state index contributed by atoms with van der Waals surface area (Å²) in [6.45, 7) is 6.05. The van der Waals surface area contributed by atoms with Gasteiger partial charge in [-0.15, -0.1) is 0 Å². The van der Waals surface area contributed by atoms with Crippen LogP contribution in [0.15, 0.2) is 34.9 Å². The largest absolute Gasteiger partial charge is 0.347 e. The molecule has 0 aliphatic heterocycles. The van der Waals surface area contributed by atoms with E-state index in [0.717, 1.165) is 11.4 Å². The Labute approximate surface area is 159 Å². The van der Waals surface area contributed by atoms with E-state index < -0.39 is 0 Å². The lowest BCUT2D eigenvalue weighted by Crippen LogP contribution is -2.18. The van der Waals surface area contributed by atoms with Crippen LogP contribution in [0.5, 0.6) is 0 Å². The summed E-state index contributed by atoms with van der Waals surface area (Å²) in [5, 5.41) is 7.35. The third kappa shape index (κ3) is 4.78. The Morgan fingerprint density at radius 1 is 0.963 bits per heavy atom. The number of hydrogen-bond acceptors (Lipinski definition) is 8. The first-order valence-corrected chi connectivity index (χ1v) is 8.98. The van der Waals surface area contributed by atoms with Crippen molar-refractivity contribution in [3.05, 3.63) is 53.4 Å². The second-order valence-electron chi connectivity index (χ2n) is 6.94. The summed E-state index contributed by atoms with van der Waals surface area (Å²) in [6, 6.07) is 9.84. The maximum absolute atomic E-state index is 5.39. The lowest BCUT2D eigenvalue weighted by atomic mass is 10.1. The van der Waals surface area contributed by atoms with E-state index in [1.165, 1.54) is 0 Å². The molecule has 0 radical (unpaired) electrons. The molecule has 0 aliphatic carbocycles. The van der Waals surface area contributed by atoms with Gasteiger partial charge in [0.2, 0.25) is 17.8 Å². The Hall–Kier alpha value is -3.03. The van der Waals surface area contributed by atoms with Gasteiger partial charge in [-0.2, -0.15) is 19.9 Å². The van der Waals surface area contributed by atoms with Crippen LogP contribution >= 0.6 is 0 Å². The zero-order valence-electron chi connectivity index (χ0n) is 16.3. The summed E-state index contributed by atoms with van der Waals surface area (Å²) in [5.74, 6) is 3.20. The second kappa shape index (κ2) is 8.11. The molecule has 0 saturated heterocycles. The summed E-state index contributed by atoms with van der Waals surface area (Å²) in [5.41, 5.74) is 1.13. The van der Waals surface area contributed by atoms with Gasteiger partial charge in [-0.05, 0) is 12.5 Å². The molecule has 0 fully saturated rings. The quantitative estimate of drug-likeness (QED) is 0.680. The average Bonchev–Trinajstić information content (AvgIpc) is 3.11. The molecule has 27 heavy (non-hydrogen) atoms. The third-order valence-corrected chi connectivity index (χ3v) is 3.97. The first-order valence-electron chi connectivity index (χ1n) is 8.98. The average molecular weight is 367 g/mol. The number of rotatable bonds is 7. The van der Waals surface area contributed by atoms with Gasteiger partial charge in [-0.25, -0.2) is 0 Å².